The Kier molecular flexibility index (Phi) is 10.1. The number of para-hydroxylation sites is 3. The van der Waals surface area contributed by atoms with Gasteiger partial charge in [0.25, 0.3) is 0 Å². The zero-order chi connectivity index (χ0) is 38.4. The lowest BCUT2D eigenvalue weighted by Crippen LogP contribution is -2.05. The van der Waals surface area contributed by atoms with Crippen molar-refractivity contribution in [1.82, 2.24) is 4.57 Å². The summed E-state index contributed by atoms with van der Waals surface area (Å²) in [5.74, 6) is 0. The van der Waals surface area contributed by atoms with Crippen molar-refractivity contribution in [3.63, 3.8) is 0 Å². The maximum absolute atomic E-state index is 8.75. The SMILES string of the molecule is C=Cc1cc2c3ccccc3n(-c3cccc(C)c3)c2cc1Nc1ccccc1.N=C(c1cc(-c2ccccc2)cc(-c2ccccc2)c1)c1ccccc1N. The molecule has 0 atom stereocenters. The molecule has 56 heavy (non-hydrogen) atoms. The van der Waals surface area contributed by atoms with Crippen molar-refractivity contribution in [2.75, 3.05) is 11.1 Å². The summed E-state index contributed by atoms with van der Waals surface area (Å²) in [6.45, 7) is 6.18. The highest BCUT2D eigenvalue weighted by Gasteiger charge is 2.15. The maximum atomic E-state index is 8.75. The predicted molar refractivity (Wildman–Crippen MR) is 239 cm³/mol. The first-order chi connectivity index (χ1) is 27.5. The minimum Gasteiger partial charge on any atom is -0.398 e. The number of hydrogen-bond donors (Lipinski definition) is 3. The summed E-state index contributed by atoms with van der Waals surface area (Å²) >= 11 is 0. The summed E-state index contributed by atoms with van der Waals surface area (Å²) in [6, 6.07) is 66.4. The van der Waals surface area contributed by atoms with Crippen molar-refractivity contribution in [1.29, 1.82) is 5.41 Å². The minimum absolute atomic E-state index is 0.433. The molecule has 1 heterocycles. The largest absolute Gasteiger partial charge is 0.398 e. The van der Waals surface area contributed by atoms with Gasteiger partial charge in [0.2, 0.25) is 0 Å². The molecule has 0 aliphatic heterocycles. The van der Waals surface area contributed by atoms with Crippen LogP contribution in [0.3, 0.4) is 0 Å². The summed E-state index contributed by atoms with van der Waals surface area (Å²) in [5, 5.41) is 14.8. The van der Waals surface area contributed by atoms with Gasteiger partial charge in [0.05, 0.1) is 16.7 Å². The molecular weight excluding hydrogens is 681 g/mol. The van der Waals surface area contributed by atoms with Gasteiger partial charge in [0, 0.05) is 44.6 Å². The van der Waals surface area contributed by atoms with Crippen LogP contribution >= 0.6 is 0 Å². The van der Waals surface area contributed by atoms with E-state index in [0.717, 1.165) is 50.3 Å². The summed E-state index contributed by atoms with van der Waals surface area (Å²) in [7, 11) is 0. The van der Waals surface area contributed by atoms with E-state index in [4.69, 9.17) is 11.1 Å². The normalized spacial score (nSPS) is 10.8. The topological polar surface area (TPSA) is 66.8 Å². The van der Waals surface area contributed by atoms with Gasteiger partial charge in [0.15, 0.2) is 0 Å². The minimum atomic E-state index is 0.433. The maximum Gasteiger partial charge on any atom is 0.0705 e. The monoisotopic (exact) mass is 722 g/mol. The molecule has 0 saturated carbocycles. The molecule has 0 radical (unpaired) electrons. The van der Waals surface area contributed by atoms with Gasteiger partial charge in [-0.25, -0.2) is 0 Å². The third-order valence-corrected chi connectivity index (χ3v) is 10.0. The molecule has 0 aliphatic rings. The van der Waals surface area contributed by atoms with Crippen molar-refractivity contribution in [2.24, 2.45) is 0 Å². The Bertz CT molecular complexity index is 2760. The van der Waals surface area contributed by atoms with Gasteiger partial charge < -0.3 is 15.6 Å². The molecule has 4 heteroatoms. The average Bonchev–Trinajstić information content (AvgIpc) is 3.57. The number of rotatable bonds is 8. The Morgan fingerprint density at radius 2 is 1.18 bits per heavy atom. The van der Waals surface area contributed by atoms with Gasteiger partial charge in [-0.2, -0.15) is 0 Å². The number of aromatic nitrogens is 1. The van der Waals surface area contributed by atoms with Gasteiger partial charge in [-0.05, 0) is 107 Å². The van der Waals surface area contributed by atoms with E-state index in [1.807, 2.05) is 84.9 Å². The Hall–Kier alpha value is -7.43. The van der Waals surface area contributed by atoms with Gasteiger partial charge in [0.1, 0.15) is 0 Å². The van der Waals surface area contributed by atoms with Crippen LogP contribution < -0.4 is 11.1 Å². The lowest BCUT2D eigenvalue weighted by molar-refractivity contribution is 1.17. The summed E-state index contributed by atoms with van der Waals surface area (Å²) in [6.07, 6.45) is 1.92. The van der Waals surface area contributed by atoms with Crippen LogP contribution in [0.1, 0.15) is 22.3 Å². The van der Waals surface area contributed by atoms with Crippen LogP contribution in [0.4, 0.5) is 17.1 Å². The smallest absolute Gasteiger partial charge is 0.0705 e. The number of anilines is 3. The second kappa shape index (κ2) is 15.9. The first-order valence-corrected chi connectivity index (χ1v) is 18.8. The van der Waals surface area contributed by atoms with Gasteiger partial charge in [-0.3, -0.25) is 5.41 Å². The average molecular weight is 723 g/mol. The van der Waals surface area contributed by atoms with Crippen LogP contribution in [-0.4, -0.2) is 10.3 Å². The Morgan fingerprint density at radius 3 is 1.82 bits per heavy atom. The van der Waals surface area contributed by atoms with E-state index in [1.165, 1.54) is 33.1 Å². The molecular formula is C52H42N4. The van der Waals surface area contributed by atoms with E-state index in [9.17, 15) is 0 Å². The fraction of sp³-hybridized carbons (Fsp3) is 0.0192. The number of nitrogen functional groups attached to an aromatic ring is 1. The van der Waals surface area contributed by atoms with E-state index < -0.39 is 0 Å². The third kappa shape index (κ3) is 7.37. The van der Waals surface area contributed by atoms with Crippen molar-refractivity contribution in [3.8, 4) is 27.9 Å². The zero-order valence-corrected chi connectivity index (χ0v) is 31.3. The molecule has 9 aromatic rings. The Labute approximate surface area is 328 Å². The van der Waals surface area contributed by atoms with E-state index >= 15 is 0 Å². The molecule has 8 aromatic carbocycles. The predicted octanol–water partition coefficient (Wildman–Crippen LogP) is 13.5. The molecule has 1 aromatic heterocycles. The van der Waals surface area contributed by atoms with E-state index in [2.05, 4.69) is 139 Å². The van der Waals surface area contributed by atoms with E-state index in [-0.39, 0.29) is 0 Å². The second-order valence-corrected chi connectivity index (χ2v) is 13.8. The Balaban J connectivity index is 0.000000158. The summed E-state index contributed by atoms with van der Waals surface area (Å²) < 4.78 is 2.35. The second-order valence-electron chi connectivity index (χ2n) is 13.8. The number of benzene rings is 8. The summed E-state index contributed by atoms with van der Waals surface area (Å²) in [4.78, 5) is 0. The molecule has 4 N–H and O–H groups in total. The molecule has 9 rings (SSSR count). The molecule has 0 aliphatic carbocycles. The van der Waals surface area contributed by atoms with Gasteiger partial charge >= 0.3 is 0 Å². The highest BCUT2D eigenvalue weighted by molar-refractivity contribution is 6.15. The standard InChI is InChI=1S/C27H22N2.C25H20N2/c1-3-20-17-24-23-14-7-8-15-26(23)29(22-13-9-10-19(2)16-22)27(24)18-25(20)28-21-11-5-4-6-12-21;26-24-14-8-7-13-23(24)25(27)22-16-20(18-9-3-1-4-10-18)15-21(17-22)19-11-5-2-6-12-19/h3-18,28H,1H2,2H3;1-17,27H,26H2. The number of hydrogen-bond acceptors (Lipinski definition) is 3. The zero-order valence-electron chi connectivity index (χ0n) is 31.3. The van der Waals surface area contributed by atoms with Crippen LogP contribution in [0.25, 0.3) is 55.8 Å². The molecule has 0 bridgehead atoms. The molecule has 270 valence electrons. The van der Waals surface area contributed by atoms with Crippen molar-refractivity contribution < 1.29 is 0 Å². The van der Waals surface area contributed by atoms with Gasteiger partial charge in [-0.1, -0.05) is 140 Å². The van der Waals surface area contributed by atoms with Crippen LogP contribution in [0.5, 0.6) is 0 Å². The number of nitrogens with two attached hydrogens (primary N) is 1. The molecule has 0 saturated heterocycles. The van der Waals surface area contributed by atoms with Crippen LogP contribution in [0.2, 0.25) is 0 Å². The number of nitrogens with one attached hydrogen (secondary N) is 2. The van der Waals surface area contributed by atoms with Crippen LogP contribution in [0, 0.1) is 12.3 Å². The van der Waals surface area contributed by atoms with Crippen LogP contribution in [-0.2, 0) is 0 Å². The van der Waals surface area contributed by atoms with Crippen molar-refractivity contribution >= 4 is 50.7 Å². The van der Waals surface area contributed by atoms with Crippen molar-refractivity contribution in [2.45, 2.75) is 6.92 Å². The fourth-order valence-corrected chi connectivity index (χ4v) is 7.28. The molecule has 0 unspecified atom stereocenters. The van der Waals surface area contributed by atoms with E-state index in [0.29, 0.717) is 11.4 Å². The fourth-order valence-electron chi connectivity index (χ4n) is 7.28. The molecule has 4 nitrogen and oxygen atoms in total. The molecule has 0 spiro atoms. The summed E-state index contributed by atoms with van der Waals surface area (Å²) in [5.41, 5.74) is 21.2. The number of nitrogens with zero attached hydrogens (tertiary/aromatic N) is 1. The molecule has 0 amide bonds. The number of fused-ring (bicyclic) bond motifs is 3. The highest BCUT2D eigenvalue weighted by Crippen LogP contribution is 2.37. The van der Waals surface area contributed by atoms with Crippen LogP contribution in [0.15, 0.2) is 201 Å². The van der Waals surface area contributed by atoms with E-state index in [1.54, 1.807) is 0 Å². The molecule has 0 fully saturated rings. The quantitative estimate of drug-likeness (QED) is 0.108. The Morgan fingerprint density at radius 1 is 0.571 bits per heavy atom. The first-order valence-electron chi connectivity index (χ1n) is 18.8. The third-order valence-electron chi connectivity index (χ3n) is 10.0. The van der Waals surface area contributed by atoms with Crippen molar-refractivity contribution in [3.05, 3.63) is 223 Å². The van der Waals surface area contributed by atoms with Gasteiger partial charge in [-0.15, -0.1) is 0 Å². The lowest BCUT2D eigenvalue weighted by Gasteiger charge is -2.13. The lowest BCUT2D eigenvalue weighted by atomic mass is 9.92. The highest BCUT2D eigenvalue weighted by atomic mass is 15.0. The number of aryl methyl sites for hydroxylation is 1. The first kappa shape index (κ1) is 35.6.